The maximum atomic E-state index is 12.8. The van der Waals surface area contributed by atoms with Crippen LogP contribution in [0.5, 0.6) is 0 Å². The number of amidine groups is 1. The number of aliphatic imine (C=N–C) groups is 1. The summed E-state index contributed by atoms with van der Waals surface area (Å²) in [5, 5.41) is 23.7. The predicted octanol–water partition coefficient (Wildman–Crippen LogP) is 3.41. The molecule has 0 unspecified atom stereocenters. The minimum atomic E-state index is -4.53. The monoisotopic (exact) mass is 525 g/mol. The quantitative estimate of drug-likeness (QED) is 0.456. The van der Waals surface area contributed by atoms with Crippen LogP contribution in [0.2, 0.25) is 5.02 Å². The van der Waals surface area contributed by atoms with Crippen molar-refractivity contribution < 1.29 is 28.2 Å². The van der Waals surface area contributed by atoms with Crippen molar-refractivity contribution in [1.82, 2.24) is 19.7 Å². The molecule has 0 atom stereocenters. The Morgan fingerprint density at radius 2 is 1.89 bits per heavy atom. The molecule has 13 heteroatoms. The van der Waals surface area contributed by atoms with Crippen molar-refractivity contribution in [3.63, 3.8) is 0 Å². The number of benzene rings is 1. The number of aliphatic hydroxyl groups excluding tert-OH is 2. The van der Waals surface area contributed by atoms with Gasteiger partial charge in [-0.05, 0) is 41.6 Å². The third kappa shape index (κ3) is 5.67. The molecular formula is C22H19ClF3N5O3S. The molecule has 0 saturated carbocycles. The van der Waals surface area contributed by atoms with E-state index in [2.05, 4.69) is 15.1 Å². The van der Waals surface area contributed by atoms with Crippen molar-refractivity contribution >= 4 is 51.4 Å². The van der Waals surface area contributed by atoms with Gasteiger partial charge in [-0.25, -0.2) is 0 Å². The van der Waals surface area contributed by atoms with E-state index in [1.807, 2.05) is 6.07 Å². The average molecular weight is 526 g/mol. The summed E-state index contributed by atoms with van der Waals surface area (Å²) in [4.78, 5) is 22.3. The molecule has 1 aliphatic heterocycles. The Morgan fingerprint density at radius 1 is 1.14 bits per heavy atom. The molecule has 3 aromatic rings. The summed E-state index contributed by atoms with van der Waals surface area (Å²) in [7, 11) is 0. The van der Waals surface area contributed by atoms with Gasteiger partial charge in [0.15, 0.2) is 5.17 Å². The lowest BCUT2D eigenvalue weighted by Gasteiger charge is -2.20. The van der Waals surface area contributed by atoms with Crippen molar-refractivity contribution in [1.29, 1.82) is 0 Å². The molecule has 3 heterocycles. The van der Waals surface area contributed by atoms with E-state index in [-0.39, 0.29) is 43.6 Å². The molecule has 0 spiro atoms. The molecule has 0 radical (unpaired) electrons. The van der Waals surface area contributed by atoms with E-state index in [0.717, 1.165) is 35.0 Å². The lowest BCUT2D eigenvalue weighted by atomic mass is 10.1. The number of halogens is 4. The minimum absolute atomic E-state index is 0.0813. The van der Waals surface area contributed by atoms with Gasteiger partial charge in [-0.15, -0.1) is 0 Å². The minimum Gasteiger partial charge on any atom is -0.395 e. The number of amides is 1. The van der Waals surface area contributed by atoms with Crippen molar-refractivity contribution in [2.45, 2.75) is 12.7 Å². The zero-order chi connectivity index (χ0) is 25.2. The summed E-state index contributed by atoms with van der Waals surface area (Å²) in [6.45, 7) is 0.297. The van der Waals surface area contributed by atoms with Gasteiger partial charge in [0.2, 0.25) is 0 Å². The van der Waals surface area contributed by atoms with E-state index in [4.69, 9.17) is 11.6 Å². The fraction of sp³-hybridized carbons (Fsp3) is 0.273. The average Bonchev–Trinajstić information content (AvgIpc) is 3.37. The van der Waals surface area contributed by atoms with Gasteiger partial charge in [-0.1, -0.05) is 17.7 Å². The van der Waals surface area contributed by atoms with Crippen LogP contribution in [-0.4, -0.2) is 67.3 Å². The van der Waals surface area contributed by atoms with Gasteiger partial charge in [0, 0.05) is 24.7 Å². The predicted molar refractivity (Wildman–Crippen MR) is 127 cm³/mol. The number of rotatable bonds is 7. The van der Waals surface area contributed by atoms with Gasteiger partial charge in [0.25, 0.3) is 5.91 Å². The summed E-state index contributed by atoms with van der Waals surface area (Å²) in [5.41, 5.74) is 0.774. The van der Waals surface area contributed by atoms with E-state index in [9.17, 15) is 28.2 Å². The molecule has 184 valence electrons. The molecule has 1 aliphatic rings. The molecule has 35 heavy (non-hydrogen) atoms. The molecular weight excluding hydrogens is 507 g/mol. The smallest absolute Gasteiger partial charge is 0.395 e. The molecule has 1 amide bonds. The van der Waals surface area contributed by atoms with Gasteiger partial charge in [0.1, 0.15) is 0 Å². The number of alkyl halides is 3. The second kappa shape index (κ2) is 10.4. The summed E-state index contributed by atoms with van der Waals surface area (Å²) in [6, 6.07) is 6.22. The maximum Gasteiger partial charge on any atom is 0.417 e. The number of thioether (sulfide) groups is 1. The Kier molecular flexibility index (Phi) is 7.45. The first kappa shape index (κ1) is 25.2. The molecule has 1 aromatic carbocycles. The number of carbonyl (C=O) groups is 1. The van der Waals surface area contributed by atoms with Crippen molar-refractivity contribution in [3.05, 3.63) is 63.4 Å². The van der Waals surface area contributed by atoms with Gasteiger partial charge in [-0.3, -0.25) is 14.5 Å². The third-order valence-corrected chi connectivity index (χ3v) is 6.50. The van der Waals surface area contributed by atoms with E-state index < -0.39 is 17.6 Å². The van der Waals surface area contributed by atoms with E-state index in [1.165, 1.54) is 0 Å². The molecule has 0 fully saturated rings. The van der Waals surface area contributed by atoms with Crippen LogP contribution in [0.25, 0.3) is 17.0 Å². The summed E-state index contributed by atoms with van der Waals surface area (Å²) in [5.74, 6) is -0.412. The zero-order valence-electron chi connectivity index (χ0n) is 18.0. The van der Waals surface area contributed by atoms with E-state index in [1.54, 1.807) is 34.0 Å². The first-order valence-electron chi connectivity index (χ1n) is 10.4. The second-order valence-corrected chi connectivity index (χ2v) is 8.93. The van der Waals surface area contributed by atoms with Crippen LogP contribution in [0.3, 0.4) is 0 Å². The number of hydrogen-bond donors (Lipinski definition) is 2. The largest absolute Gasteiger partial charge is 0.417 e. The van der Waals surface area contributed by atoms with E-state index in [0.29, 0.717) is 15.6 Å². The Hall–Kier alpha value is -2.93. The number of fused-ring (bicyclic) bond motifs is 1. The Bertz CT molecular complexity index is 1320. The SMILES string of the molecule is O=C1N=C(N(CCO)CCO)S/C1=C/c1ccc2c(cnn2Cc2ncc(C(F)(F)F)cc2Cl)c1. The first-order chi connectivity index (χ1) is 16.7. The molecule has 0 saturated heterocycles. The van der Waals surface area contributed by atoms with Gasteiger partial charge in [0.05, 0.1) is 52.7 Å². The van der Waals surface area contributed by atoms with E-state index >= 15 is 0 Å². The molecule has 8 nitrogen and oxygen atoms in total. The summed E-state index contributed by atoms with van der Waals surface area (Å²) >= 11 is 7.18. The number of aromatic nitrogens is 3. The van der Waals surface area contributed by atoms with Gasteiger partial charge in [-0.2, -0.15) is 23.3 Å². The summed E-state index contributed by atoms with van der Waals surface area (Å²) < 4.78 is 40.1. The molecule has 0 aliphatic carbocycles. The van der Waals surface area contributed by atoms with Gasteiger partial charge >= 0.3 is 6.18 Å². The topological polar surface area (TPSA) is 104 Å². The highest BCUT2D eigenvalue weighted by molar-refractivity contribution is 8.18. The van der Waals surface area contributed by atoms with Crippen molar-refractivity contribution in [2.75, 3.05) is 26.3 Å². The van der Waals surface area contributed by atoms with Crippen LogP contribution >= 0.6 is 23.4 Å². The van der Waals surface area contributed by atoms with Crippen molar-refractivity contribution in [3.8, 4) is 0 Å². The van der Waals surface area contributed by atoms with Crippen LogP contribution < -0.4 is 0 Å². The highest BCUT2D eigenvalue weighted by atomic mass is 35.5. The number of carbonyl (C=O) groups excluding carboxylic acids is 1. The van der Waals surface area contributed by atoms with Crippen LogP contribution in [-0.2, 0) is 17.5 Å². The van der Waals surface area contributed by atoms with Crippen LogP contribution in [0, 0.1) is 0 Å². The highest BCUT2D eigenvalue weighted by Gasteiger charge is 2.31. The number of nitrogens with zero attached hydrogens (tertiary/aromatic N) is 5. The molecule has 4 rings (SSSR count). The fourth-order valence-electron chi connectivity index (χ4n) is 3.43. The molecule has 2 aromatic heterocycles. The lowest BCUT2D eigenvalue weighted by Crippen LogP contribution is -2.33. The highest BCUT2D eigenvalue weighted by Crippen LogP contribution is 2.32. The van der Waals surface area contributed by atoms with Gasteiger partial charge < -0.3 is 15.1 Å². The lowest BCUT2D eigenvalue weighted by molar-refractivity contribution is -0.137. The Balaban J connectivity index is 1.53. The van der Waals surface area contributed by atoms with Crippen LogP contribution in [0.15, 0.2) is 46.6 Å². The Morgan fingerprint density at radius 3 is 2.54 bits per heavy atom. The molecule has 2 N–H and O–H groups in total. The Labute approximate surface area is 206 Å². The van der Waals surface area contributed by atoms with Crippen LogP contribution in [0.1, 0.15) is 16.8 Å². The third-order valence-electron chi connectivity index (χ3n) is 5.13. The van der Waals surface area contributed by atoms with Crippen LogP contribution in [0.4, 0.5) is 13.2 Å². The zero-order valence-corrected chi connectivity index (χ0v) is 19.6. The first-order valence-corrected chi connectivity index (χ1v) is 11.6. The number of pyridine rings is 1. The molecule has 0 bridgehead atoms. The maximum absolute atomic E-state index is 12.8. The normalized spacial score (nSPS) is 15.3. The second-order valence-electron chi connectivity index (χ2n) is 7.52. The summed E-state index contributed by atoms with van der Waals surface area (Å²) in [6.07, 6.45) is -0.499. The fourth-order valence-corrected chi connectivity index (χ4v) is 4.62. The number of aliphatic hydroxyl groups is 2. The van der Waals surface area contributed by atoms with Crippen molar-refractivity contribution in [2.24, 2.45) is 4.99 Å². The standard InChI is InChI=1S/C22H19ClF3N5O3S/c23-16-9-15(22(24,25)26)11-27-17(16)12-31-18-2-1-13(7-14(18)10-28-31)8-19-20(34)29-21(35-19)30(3-5-32)4-6-33/h1-2,7-11,32-33H,3-6,12H2/b19-8+. The number of hydrogen-bond acceptors (Lipinski definition) is 7.